The fourth-order valence-electron chi connectivity index (χ4n) is 1.05. The maximum atomic E-state index is 3.44. The third-order valence-corrected chi connectivity index (χ3v) is 1.75. The van der Waals surface area contributed by atoms with Crippen LogP contribution in [0.1, 0.15) is 34.1 Å². The van der Waals surface area contributed by atoms with Crippen LogP contribution in [0.5, 0.6) is 0 Å². The predicted molar refractivity (Wildman–Crippen MR) is 55.5 cm³/mol. The average Bonchev–Trinajstić information content (AvgIpc) is 2.00. The quantitative estimate of drug-likeness (QED) is 0.610. The van der Waals surface area contributed by atoms with E-state index in [4.69, 9.17) is 0 Å². The first kappa shape index (κ1) is 11.9. The minimum absolute atomic E-state index is 0.601. The van der Waals surface area contributed by atoms with Crippen LogP contribution >= 0.6 is 0 Å². The summed E-state index contributed by atoms with van der Waals surface area (Å²) >= 11 is 0. The molecular formula is C10H24N2. The molecule has 0 rings (SSSR count). The molecule has 0 radical (unpaired) electrons. The smallest absolute Gasteiger partial charge is 0.0164 e. The molecule has 0 aliphatic heterocycles. The van der Waals surface area contributed by atoms with E-state index in [0.29, 0.717) is 6.04 Å². The van der Waals surface area contributed by atoms with E-state index in [9.17, 15) is 0 Å². The third kappa shape index (κ3) is 8.02. The second-order valence-corrected chi connectivity index (χ2v) is 3.91. The molecular weight excluding hydrogens is 148 g/mol. The summed E-state index contributed by atoms with van der Waals surface area (Å²) in [5.74, 6) is 0.753. The molecule has 0 amide bonds. The van der Waals surface area contributed by atoms with Gasteiger partial charge in [0.05, 0.1) is 0 Å². The maximum Gasteiger partial charge on any atom is 0.0164 e. The predicted octanol–water partition coefficient (Wildman–Crippen LogP) is 1.62. The van der Waals surface area contributed by atoms with E-state index in [1.165, 1.54) is 6.42 Å². The number of hydrogen-bond donors (Lipinski definition) is 2. The highest BCUT2D eigenvalue weighted by Gasteiger charge is 1.99. The van der Waals surface area contributed by atoms with Crippen molar-refractivity contribution in [3.8, 4) is 0 Å². The van der Waals surface area contributed by atoms with Gasteiger partial charge >= 0.3 is 0 Å². The zero-order chi connectivity index (χ0) is 9.40. The molecule has 0 spiro atoms. The Bertz CT molecular complexity index is 91.8. The molecule has 2 nitrogen and oxygen atoms in total. The molecule has 0 saturated heterocycles. The number of rotatable bonds is 7. The van der Waals surface area contributed by atoms with E-state index >= 15 is 0 Å². The van der Waals surface area contributed by atoms with Crippen molar-refractivity contribution >= 4 is 0 Å². The zero-order valence-corrected chi connectivity index (χ0v) is 8.98. The van der Waals surface area contributed by atoms with Crippen molar-refractivity contribution in [2.45, 2.75) is 40.2 Å². The molecule has 1 unspecified atom stereocenters. The fourth-order valence-corrected chi connectivity index (χ4v) is 1.05. The zero-order valence-electron chi connectivity index (χ0n) is 8.98. The molecule has 0 aromatic rings. The lowest BCUT2D eigenvalue weighted by Crippen LogP contribution is -2.37. The Balaban J connectivity index is 3.13. The highest BCUT2D eigenvalue weighted by molar-refractivity contribution is 4.63. The Hall–Kier alpha value is -0.0800. The molecule has 2 N–H and O–H groups in total. The molecule has 0 saturated carbocycles. The van der Waals surface area contributed by atoms with Crippen molar-refractivity contribution in [1.82, 2.24) is 10.6 Å². The summed E-state index contributed by atoms with van der Waals surface area (Å²) in [6.07, 6.45) is 1.22. The van der Waals surface area contributed by atoms with Crippen LogP contribution in [-0.4, -0.2) is 25.7 Å². The second kappa shape index (κ2) is 7.56. The van der Waals surface area contributed by atoms with Gasteiger partial charge in [0.25, 0.3) is 0 Å². The number of nitrogens with one attached hydrogen (secondary N) is 2. The van der Waals surface area contributed by atoms with Crippen molar-refractivity contribution in [1.29, 1.82) is 0 Å². The normalized spacial score (nSPS) is 13.8. The Morgan fingerprint density at radius 2 is 1.75 bits per heavy atom. The van der Waals surface area contributed by atoms with Gasteiger partial charge in [0.1, 0.15) is 0 Å². The van der Waals surface area contributed by atoms with Crippen LogP contribution in [0.2, 0.25) is 0 Å². The molecule has 0 aromatic carbocycles. The summed E-state index contributed by atoms with van der Waals surface area (Å²) in [5.41, 5.74) is 0. The molecule has 74 valence electrons. The van der Waals surface area contributed by atoms with Gasteiger partial charge in [-0.05, 0) is 32.4 Å². The van der Waals surface area contributed by atoms with Crippen LogP contribution in [0.25, 0.3) is 0 Å². The second-order valence-electron chi connectivity index (χ2n) is 3.91. The Morgan fingerprint density at radius 1 is 1.08 bits per heavy atom. The molecule has 0 fully saturated rings. The molecule has 0 bridgehead atoms. The molecule has 12 heavy (non-hydrogen) atoms. The maximum absolute atomic E-state index is 3.44. The largest absolute Gasteiger partial charge is 0.315 e. The lowest BCUT2D eigenvalue weighted by molar-refractivity contribution is 0.473. The first-order valence-electron chi connectivity index (χ1n) is 5.10. The average molecular weight is 172 g/mol. The third-order valence-electron chi connectivity index (χ3n) is 1.75. The highest BCUT2D eigenvalue weighted by Crippen LogP contribution is 1.87. The van der Waals surface area contributed by atoms with Gasteiger partial charge in [0, 0.05) is 12.6 Å². The van der Waals surface area contributed by atoms with Crippen LogP contribution in [-0.2, 0) is 0 Å². The van der Waals surface area contributed by atoms with Crippen molar-refractivity contribution in [3.05, 3.63) is 0 Å². The summed E-state index contributed by atoms with van der Waals surface area (Å²) in [5, 5.41) is 6.87. The summed E-state index contributed by atoms with van der Waals surface area (Å²) in [4.78, 5) is 0. The monoisotopic (exact) mass is 172 g/mol. The number of hydrogen-bond acceptors (Lipinski definition) is 2. The summed E-state index contributed by atoms with van der Waals surface area (Å²) < 4.78 is 0. The van der Waals surface area contributed by atoms with Gasteiger partial charge in [0.2, 0.25) is 0 Å². The molecule has 2 heteroatoms. The molecule has 0 aliphatic rings. The van der Waals surface area contributed by atoms with Gasteiger partial charge in [-0.3, -0.25) is 0 Å². The van der Waals surface area contributed by atoms with Crippen LogP contribution < -0.4 is 10.6 Å². The lowest BCUT2D eigenvalue weighted by atomic mass is 10.2. The van der Waals surface area contributed by atoms with Crippen molar-refractivity contribution < 1.29 is 0 Å². The van der Waals surface area contributed by atoms with Crippen molar-refractivity contribution in [3.63, 3.8) is 0 Å². The van der Waals surface area contributed by atoms with Gasteiger partial charge in [0.15, 0.2) is 0 Å². The summed E-state index contributed by atoms with van der Waals surface area (Å²) in [7, 11) is 0. The van der Waals surface area contributed by atoms with E-state index in [1.54, 1.807) is 0 Å². The van der Waals surface area contributed by atoms with Crippen LogP contribution in [0.3, 0.4) is 0 Å². The SMILES string of the molecule is CCCNC(C)CNCC(C)C. The Labute approximate surface area is 77.1 Å². The lowest BCUT2D eigenvalue weighted by Gasteiger charge is -2.14. The molecule has 0 aliphatic carbocycles. The van der Waals surface area contributed by atoms with E-state index in [1.807, 2.05) is 0 Å². The van der Waals surface area contributed by atoms with Crippen LogP contribution in [0.15, 0.2) is 0 Å². The molecule has 0 heterocycles. The van der Waals surface area contributed by atoms with Gasteiger partial charge in [-0.2, -0.15) is 0 Å². The van der Waals surface area contributed by atoms with Gasteiger partial charge < -0.3 is 10.6 Å². The Kier molecular flexibility index (Phi) is 7.51. The molecule has 1 atom stereocenters. The fraction of sp³-hybridized carbons (Fsp3) is 1.00. The Morgan fingerprint density at radius 3 is 2.25 bits per heavy atom. The first-order valence-corrected chi connectivity index (χ1v) is 5.10. The minimum atomic E-state index is 0.601. The van der Waals surface area contributed by atoms with Gasteiger partial charge in [-0.15, -0.1) is 0 Å². The van der Waals surface area contributed by atoms with Crippen molar-refractivity contribution in [2.75, 3.05) is 19.6 Å². The minimum Gasteiger partial charge on any atom is -0.315 e. The summed E-state index contributed by atoms with van der Waals surface area (Å²) in [6, 6.07) is 0.601. The first-order chi connectivity index (χ1) is 5.66. The summed E-state index contributed by atoms with van der Waals surface area (Å²) in [6.45, 7) is 12.2. The van der Waals surface area contributed by atoms with Crippen LogP contribution in [0, 0.1) is 5.92 Å². The van der Waals surface area contributed by atoms with E-state index in [0.717, 1.165) is 25.6 Å². The van der Waals surface area contributed by atoms with E-state index < -0.39 is 0 Å². The van der Waals surface area contributed by atoms with Crippen LogP contribution in [0.4, 0.5) is 0 Å². The molecule has 0 aromatic heterocycles. The topological polar surface area (TPSA) is 24.1 Å². The van der Waals surface area contributed by atoms with Gasteiger partial charge in [-0.25, -0.2) is 0 Å². The highest BCUT2D eigenvalue weighted by atomic mass is 15.0. The van der Waals surface area contributed by atoms with Crippen molar-refractivity contribution in [2.24, 2.45) is 5.92 Å². The van der Waals surface area contributed by atoms with E-state index in [-0.39, 0.29) is 0 Å². The van der Waals surface area contributed by atoms with Gasteiger partial charge in [-0.1, -0.05) is 20.8 Å². The standard InChI is InChI=1S/C10H24N2/c1-5-6-12-10(4)8-11-7-9(2)3/h9-12H,5-8H2,1-4H3. The van der Waals surface area contributed by atoms with E-state index in [2.05, 4.69) is 38.3 Å².